The number of benzene rings is 1. The Morgan fingerprint density at radius 2 is 1.73 bits per heavy atom. The Morgan fingerprint density at radius 1 is 1.06 bits per heavy atom. The van der Waals surface area contributed by atoms with Crippen molar-refractivity contribution >= 4 is 17.5 Å². The molecule has 1 saturated carbocycles. The Labute approximate surface area is 191 Å². The molecule has 1 aromatic carbocycles. The largest absolute Gasteiger partial charge is 0.417 e. The number of carbonyl (C=O) groups is 2. The highest BCUT2D eigenvalue weighted by Crippen LogP contribution is 2.39. The molecule has 2 heterocycles. The number of primary amides is 1. The quantitative estimate of drug-likeness (QED) is 0.741. The van der Waals surface area contributed by atoms with Crippen LogP contribution in [-0.4, -0.2) is 42.9 Å². The van der Waals surface area contributed by atoms with E-state index in [0.29, 0.717) is 44.7 Å². The monoisotopic (exact) mass is 462 g/mol. The maximum Gasteiger partial charge on any atom is 0.417 e. The van der Waals surface area contributed by atoms with Gasteiger partial charge in [-0.05, 0) is 55.7 Å². The molecule has 0 unspecified atom stereocenters. The summed E-state index contributed by atoms with van der Waals surface area (Å²) in [6, 6.07) is 5.43. The molecular formula is C24H29F3N4O2. The molecule has 0 bridgehead atoms. The fraction of sp³-hybridized carbons (Fsp3) is 0.625. The Hall–Kier alpha value is -2.76. The van der Waals surface area contributed by atoms with Gasteiger partial charge in [-0.25, -0.2) is 0 Å². The van der Waals surface area contributed by atoms with Crippen molar-refractivity contribution in [2.75, 3.05) is 31.1 Å². The van der Waals surface area contributed by atoms with Crippen LogP contribution in [0, 0.1) is 35.0 Å². The van der Waals surface area contributed by atoms with E-state index >= 15 is 0 Å². The molecule has 3 fully saturated rings. The number of rotatable bonds is 4. The molecule has 2 amide bonds. The zero-order valence-electron chi connectivity index (χ0n) is 18.5. The molecule has 2 saturated heterocycles. The SMILES string of the molecule is N#Cc1ccc(N2CCC([C@@H]3CN(C(=O)C4CCCC4)C[C@H]3C(N)=O)CC2)cc1C(F)(F)F. The lowest BCUT2D eigenvalue weighted by Crippen LogP contribution is -2.40. The second kappa shape index (κ2) is 9.24. The lowest BCUT2D eigenvalue weighted by Gasteiger charge is -2.37. The van der Waals surface area contributed by atoms with E-state index in [9.17, 15) is 22.8 Å². The normalized spacial score (nSPS) is 24.8. The van der Waals surface area contributed by atoms with Gasteiger partial charge in [0.05, 0.1) is 23.1 Å². The summed E-state index contributed by atoms with van der Waals surface area (Å²) in [5.74, 6) is -0.402. The number of nitrogens with two attached hydrogens (primary N) is 1. The smallest absolute Gasteiger partial charge is 0.372 e. The number of piperidine rings is 1. The maximum absolute atomic E-state index is 13.3. The van der Waals surface area contributed by atoms with Gasteiger partial charge >= 0.3 is 6.18 Å². The van der Waals surface area contributed by atoms with Crippen LogP contribution >= 0.6 is 0 Å². The average molecular weight is 463 g/mol. The van der Waals surface area contributed by atoms with Crippen LogP contribution in [0.15, 0.2) is 18.2 Å². The van der Waals surface area contributed by atoms with E-state index in [1.165, 1.54) is 6.07 Å². The molecule has 1 aromatic rings. The van der Waals surface area contributed by atoms with Crippen LogP contribution in [0.1, 0.15) is 49.7 Å². The summed E-state index contributed by atoms with van der Waals surface area (Å²) in [4.78, 5) is 28.8. The lowest BCUT2D eigenvalue weighted by molar-refractivity contribution is -0.138. The van der Waals surface area contributed by atoms with E-state index in [0.717, 1.165) is 31.7 Å². The van der Waals surface area contributed by atoms with Crippen LogP contribution in [0.5, 0.6) is 0 Å². The van der Waals surface area contributed by atoms with Crippen LogP contribution in [0.3, 0.4) is 0 Å². The molecule has 0 radical (unpaired) electrons. The summed E-state index contributed by atoms with van der Waals surface area (Å²) in [6.07, 6.45) is 0.775. The summed E-state index contributed by atoms with van der Waals surface area (Å²) in [7, 11) is 0. The number of amides is 2. The third kappa shape index (κ3) is 4.80. The zero-order chi connectivity index (χ0) is 23.8. The molecule has 33 heavy (non-hydrogen) atoms. The van der Waals surface area contributed by atoms with Crippen LogP contribution < -0.4 is 10.6 Å². The molecule has 2 atom stereocenters. The Morgan fingerprint density at radius 3 is 2.30 bits per heavy atom. The first-order chi connectivity index (χ1) is 15.7. The number of likely N-dealkylation sites (tertiary alicyclic amines) is 1. The third-order valence-electron chi connectivity index (χ3n) is 7.69. The minimum atomic E-state index is -4.59. The minimum Gasteiger partial charge on any atom is -0.372 e. The van der Waals surface area contributed by atoms with Crippen LogP contribution in [0.2, 0.25) is 0 Å². The van der Waals surface area contributed by atoms with Gasteiger partial charge in [0.1, 0.15) is 0 Å². The number of hydrogen-bond donors (Lipinski definition) is 1. The molecule has 1 aliphatic carbocycles. The Balaban J connectivity index is 1.43. The lowest BCUT2D eigenvalue weighted by atomic mass is 9.78. The van der Waals surface area contributed by atoms with Gasteiger partial charge in [-0.1, -0.05) is 12.8 Å². The van der Waals surface area contributed by atoms with E-state index in [-0.39, 0.29) is 41.0 Å². The highest BCUT2D eigenvalue weighted by Gasteiger charge is 2.44. The van der Waals surface area contributed by atoms with Gasteiger partial charge in [-0.2, -0.15) is 18.4 Å². The number of alkyl halides is 3. The molecule has 2 N–H and O–H groups in total. The fourth-order valence-electron chi connectivity index (χ4n) is 5.87. The molecular weight excluding hydrogens is 433 g/mol. The molecule has 9 heteroatoms. The summed E-state index contributed by atoms with van der Waals surface area (Å²) in [5, 5.41) is 9.01. The van der Waals surface area contributed by atoms with Gasteiger partial charge in [0, 0.05) is 37.8 Å². The Bertz CT molecular complexity index is 944. The highest BCUT2D eigenvalue weighted by molar-refractivity contribution is 5.82. The van der Waals surface area contributed by atoms with Crippen LogP contribution in [-0.2, 0) is 15.8 Å². The first-order valence-corrected chi connectivity index (χ1v) is 11.6. The van der Waals surface area contributed by atoms with Crippen molar-refractivity contribution in [2.45, 2.75) is 44.7 Å². The minimum absolute atomic E-state index is 0.0123. The van der Waals surface area contributed by atoms with Crippen LogP contribution in [0.4, 0.5) is 18.9 Å². The van der Waals surface area contributed by atoms with Crippen molar-refractivity contribution < 1.29 is 22.8 Å². The van der Waals surface area contributed by atoms with Crippen molar-refractivity contribution in [2.24, 2.45) is 29.4 Å². The van der Waals surface area contributed by atoms with E-state index in [1.54, 1.807) is 12.1 Å². The molecule has 0 aromatic heterocycles. The number of hydrogen-bond acceptors (Lipinski definition) is 4. The van der Waals surface area contributed by atoms with Crippen molar-refractivity contribution in [3.05, 3.63) is 29.3 Å². The van der Waals surface area contributed by atoms with E-state index < -0.39 is 11.7 Å². The number of nitriles is 1. The highest BCUT2D eigenvalue weighted by atomic mass is 19.4. The first-order valence-electron chi connectivity index (χ1n) is 11.6. The van der Waals surface area contributed by atoms with E-state index in [1.807, 2.05) is 9.80 Å². The van der Waals surface area contributed by atoms with Gasteiger partial charge in [-0.3, -0.25) is 9.59 Å². The van der Waals surface area contributed by atoms with Crippen molar-refractivity contribution in [1.29, 1.82) is 5.26 Å². The molecule has 0 spiro atoms. The fourth-order valence-corrected chi connectivity index (χ4v) is 5.87. The standard InChI is InChI=1S/C24H29F3N4O2/c25-24(26,27)21-11-18(6-5-17(21)12-28)30-9-7-15(8-10-30)19-13-31(14-20(19)22(29)32)23(33)16-3-1-2-4-16/h5-6,11,15-16,19-20H,1-4,7-10,13-14H2,(H2,29,32)/t19-,20+/m0/s1. The van der Waals surface area contributed by atoms with Gasteiger partial charge < -0.3 is 15.5 Å². The van der Waals surface area contributed by atoms with Crippen LogP contribution in [0.25, 0.3) is 0 Å². The average Bonchev–Trinajstić information content (AvgIpc) is 3.48. The van der Waals surface area contributed by atoms with Gasteiger partial charge in [-0.15, -0.1) is 0 Å². The van der Waals surface area contributed by atoms with Gasteiger partial charge in [0.15, 0.2) is 0 Å². The molecule has 6 nitrogen and oxygen atoms in total. The van der Waals surface area contributed by atoms with E-state index in [4.69, 9.17) is 11.0 Å². The van der Waals surface area contributed by atoms with Crippen molar-refractivity contribution in [3.8, 4) is 6.07 Å². The van der Waals surface area contributed by atoms with E-state index in [2.05, 4.69) is 0 Å². The molecule has 178 valence electrons. The topological polar surface area (TPSA) is 90.4 Å². The van der Waals surface area contributed by atoms with Crippen molar-refractivity contribution in [1.82, 2.24) is 4.90 Å². The Kier molecular flexibility index (Phi) is 6.55. The van der Waals surface area contributed by atoms with Gasteiger partial charge in [0.2, 0.25) is 11.8 Å². The van der Waals surface area contributed by atoms with Crippen molar-refractivity contribution in [3.63, 3.8) is 0 Å². The molecule has 3 aliphatic rings. The van der Waals surface area contributed by atoms with Gasteiger partial charge in [0.25, 0.3) is 0 Å². The molecule has 2 aliphatic heterocycles. The maximum atomic E-state index is 13.3. The summed E-state index contributed by atoms with van der Waals surface area (Å²) >= 11 is 0. The predicted octanol–water partition coefficient (Wildman–Crippen LogP) is 3.54. The predicted molar refractivity (Wildman–Crippen MR) is 116 cm³/mol. The second-order valence-electron chi connectivity index (χ2n) is 9.56. The molecule has 4 rings (SSSR count). The second-order valence-corrected chi connectivity index (χ2v) is 9.56. The summed E-state index contributed by atoms with van der Waals surface area (Å²) < 4.78 is 40.0. The summed E-state index contributed by atoms with van der Waals surface area (Å²) in [5.41, 5.74) is 4.83. The summed E-state index contributed by atoms with van der Waals surface area (Å²) in [6.45, 7) is 2.00. The zero-order valence-corrected chi connectivity index (χ0v) is 18.5. The third-order valence-corrected chi connectivity index (χ3v) is 7.69. The number of carbonyl (C=O) groups excluding carboxylic acids is 2. The number of anilines is 1. The number of halogens is 3. The first kappa shape index (κ1) is 23.4. The number of nitrogens with zero attached hydrogens (tertiary/aromatic N) is 3.